The zero-order valence-corrected chi connectivity index (χ0v) is 10.7. The number of carbonyl (C=O) groups excluding carboxylic acids is 2. The van der Waals surface area contributed by atoms with Crippen LogP contribution >= 0.6 is 12.2 Å². The van der Waals surface area contributed by atoms with Crippen molar-refractivity contribution >= 4 is 29.1 Å². The molecule has 3 N–H and O–H groups in total. The first-order chi connectivity index (χ1) is 8.63. The number of hydrogen-bond donors (Lipinski definition) is 3. The monoisotopic (exact) mass is 266 g/mol. The Kier molecular flexibility index (Phi) is 5.72. The maximum atomic E-state index is 11.6. The Labute approximate surface area is 110 Å². The highest BCUT2D eigenvalue weighted by Gasteiger charge is 2.06. The molecule has 0 unspecified atom stereocenters. The quantitative estimate of drug-likeness (QED) is 0.548. The van der Waals surface area contributed by atoms with Gasteiger partial charge in [-0.3, -0.25) is 25.4 Å². The molecule has 0 aliphatic rings. The first-order valence-electron chi connectivity index (χ1n) is 5.43. The van der Waals surface area contributed by atoms with E-state index in [1.165, 1.54) is 12.4 Å². The second-order valence-corrected chi connectivity index (χ2v) is 3.85. The molecule has 0 bridgehead atoms. The van der Waals surface area contributed by atoms with E-state index < -0.39 is 0 Å². The Morgan fingerprint density at radius 1 is 1.28 bits per heavy atom. The third kappa shape index (κ3) is 4.88. The summed E-state index contributed by atoms with van der Waals surface area (Å²) in [4.78, 5) is 26.6. The number of aromatic nitrogens is 1. The fraction of sp³-hybridized carbons (Fsp3) is 0.273. The molecule has 0 atom stereocenters. The lowest BCUT2D eigenvalue weighted by Gasteiger charge is -2.10. The van der Waals surface area contributed by atoms with Crippen molar-refractivity contribution in [3.63, 3.8) is 0 Å². The molecular formula is C11H14N4O2S. The summed E-state index contributed by atoms with van der Waals surface area (Å²) in [6.45, 7) is 1.89. The highest BCUT2D eigenvalue weighted by molar-refractivity contribution is 7.80. The van der Waals surface area contributed by atoms with Crippen molar-refractivity contribution in [3.8, 4) is 0 Å². The Bertz CT molecular complexity index is 436. The topological polar surface area (TPSA) is 83.1 Å². The summed E-state index contributed by atoms with van der Waals surface area (Å²) >= 11 is 4.84. The van der Waals surface area contributed by atoms with Gasteiger partial charge < -0.3 is 5.32 Å². The van der Waals surface area contributed by atoms with Crippen molar-refractivity contribution in [1.29, 1.82) is 0 Å². The van der Waals surface area contributed by atoms with Crippen LogP contribution in [0.15, 0.2) is 24.5 Å². The number of thiocarbonyl (C=S) groups is 1. The van der Waals surface area contributed by atoms with Crippen LogP contribution in [-0.2, 0) is 4.79 Å². The number of carbonyl (C=O) groups is 2. The van der Waals surface area contributed by atoms with Crippen molar-refractivity contribution in [3.05, 3.63) is 30.1 Å². The zero-order chi connectivity index (χ0) is 13.4. The van der Waals surface area contributed by atoms with Gasteiger partial charge in [-0.15, -0.1) is 0 Å². The molecule has 1 rings (SSSR count). The van der Waals surface area contributed by atoms with Gasteiger partial charge >= 0.3 is 0 Å². The third-order valence-electron chi connectivity index (χ3n) is 1.96. The number of nitrogens with zero attached hydrogens (tertiary/aromatic N) is 1. The molecule has 0 aromatic carbocycles. The molecule has 0 saturated carbocycles. The SMILES string of the molecule is CCCC(=O)NC(=S)NNC(=O)c1ccncc1. The Morgan fingerprint density at radius 2 is 1.94 bits per heavy atom. The van der Waals surface area contributed by atoms with Gasteiger partial charge in [0.2, 0.25) is 5.91 Å². The molecule has 0 saturated heterocycles. The van der Waals surface area contributed by atoms with E-state index in [0.717, 1.165) is 6.42 Å². The van der Waals surface area contributed by atoms with Crippen LogP contribution < -0.4 is 16.2 Å². The van der Waals surface area contributed by atoms with Gasteiger partial charge in [-0.25, -0.2) is 0 Å². The molecule has 1 aromatic heterocycles. The predicted octanol–water partition coefficient (Wildman–Crippen LogP) is 0.517. The molecule has 18 heavy (non-hydrogen) atoms. The van der Waals surface area contributed by atoms with E-state index in [2.05, 4.69) is 21.2 Å². The van der Waals surface area contributed by atoms with Gasteiger partial charge in [0.25, 0.3) is 5.91 Å². The molecule has 7 heteroatoms. The Balaban J connectivity index is 2.35. The number of hydrogen-bond acceptors (Lipinski definition) is 4. The van der Waals surface area contributed by atoms with Crippen molar-refractivity contribution in [2.75, 3.05) is 0 Å². The molecular weight excluding hydrogens is 252 g/mol. The van der Waals surface area contributed by atoms with Gasteiger partial charge in [-0.2, -0.15) is 0 Å². The van der Waals surface area contributed by atoms with Crippen LogP contribution in [0.5, 0.6) is 0 Å². The Hall–Kier alpha value is -2.02. The molecule has 0 aliphatic carbocycles. The van der Waals surface area contributed by atoms with Gasteiger partial charge in [0, 0.05) is 24.4 Å². The third-order valence-corrected chi connectivity index (χ3v) is 2.17. The molecule has 0 radical (unpaired) electrons. The average molecular weight is 266 g/mol. The molecule has 1 heterocycles. The fourth-order valence-corrected chi connectivity index (χ4v) is 1.30. The molecule has 96 valence electrons. The van der Waals surface area contributed by atoms with Gasteiger partial charge in [-0.1, -0.05) is 6.92 Å². The maximum Gasteiger partial charge on any atom is 0.269 e. The van der Waals surface area contributed by atoms with E-state index in [4.69, 9.17) is 12.2 Å². The lowest BCUT2D eigenvalue weighted by molar-refractivity contribution is -0.119. The fourth-order valence-electron chi connectivity index (χ4n) is 1.14. The lowest BCUT2D eigenvalue weighted by Crippen LogP contribution is -2.48. The second-order valence-electron chi connectivity index (χ2n) is 3.44. The minimum atomic E-state index is -0.357. The largest absolute Gasteiger partial charge is 0.302 e. The van der Waals surface area contributed by atoms with Gasteiger partial charge in [0.1, 0.15) is 0 Å². The molecule has 1 aromatic rings. The first kappa shape index (κ1) is 14.0. The smallest absolute Gasteiger partial charge is 0.269 e. The Morgan fingerprint density at radius 3 is 2.56 bits per heavy atom. The molecule has 0 spiro atoms. The summed E-state index contributed by atoms with van der Waals surface area (Å²) in [5.74, 6) is -0.544. The summed E-state index contributed by atoms with van der Waals surface area (Å²) in [6, 6.07) is 3.13. The zero-order valence-electron chi connectivity index (χ0n) is 9.90. The predicted molar refractivity (Wildman–Crippen MR) is 70.5 cm³/mol. The number of amides is 2. The van der Waals surface area contributed by atoms with E-state index in [1.807, 2.05) is 6.92 Å². The maximum absolute atomic E-state index is 11.6. The van der Waals surface area contributed by atoms with E-state index in [0.29, 0.717) is 12.0 Å². The number of rotatable bonds is 3. The van der Waals surface area contributed by atoms with E-state index in [9.17, 15) is 9.59 Å². The van der Waals surface area contributed by atoms with Crippen LogP contribution in [0.3, 0.4) is 0 Å². The standard InChI is InChI=1S/C11H14N4O2S/c1-2-3-9(16)13-11(18)15-14-10(17)8-4-6-12-7-5-8/h4-7H,2-3H2,1H3,(H,14,17)(H2,13,15,16,18). The van der Waals surface area contributed by atoms with Crippen LogP contribution in [0.25, 0.3) is 0 Å². The second kappa shape index (κ2) is 7.33. The van der Waals surface area contributed by atoms with Gasteiger partial charge in [-0.05, 0) is 30.8 Å². The van der Waals surface area contributed by atoms with Crippen LogP contribution in [0.2, 0.25) is 0 Å². The molecule has 0 fully saturated rings. The summed E-state index contributed by atoms with van der Waals surface area (Å²) in [5.41, 5.74) is 5.27. The van der Waals surface area contributed by atoms with Crippen LogP contribution in [0.4, 0.5) is 0 Å². The summed E-state index contributed by atoms with van der Waals surface area (Å²) < 4.78 is 0. The van der Waals surface area contributed by atoms with Crippen LogP contribution in [0, 0.1) is 0 Å². The van der Waals surface area contributed by atoms with E-state index in [1.54, 1.807) is 12.1 Å². The minimum Gasteiger partial charge on any atom is -0.302 e. The first-order valence-corrected chi connectivity index (χ1v) is 5.84. The minimum absolute atomic E-state index is 0.0656. The number of nitrogens with one attached hydrogen (secondary N) is 3. The van der Waals surface area contributed by atoms with Gasteiger partial charge in [0.05, 0.1) is 0 Å². The summed E-state index contributed by atoms with van der Waals surface area (Å²) in [5, 5.41) is 2.51. The summed E-state index contributed by atoms with van der Waals surface area (Å²) in [6.07, 6.45) is 4.14. The number of hydrazine groups is 1. The van der Waals surface area contributed by atoms with E-state index in [-0.39, 0.29) is 16.9 Å². The van der Waals surface area contributed by atoms with Crippen molar-refractivity contribution in [2.45, 2.75) is 19.8 Å². The van der Waals surface area contributed by atoms with E-state index >= 15 is 0 Å². The van der Waals surface area contributed by atoms with Crippen molar-refractivity contribution < 1.29 is 9.59 Å². The van der Waals surface area contributed by atoms with Gasteiger partial charge in [0.15, 0.2) is 5.11 Å². The molecule has 6 nitrogen and oxygen atoms in total. The number of pyridine rings is 1. The highest BCUT2D eigenvalue weighted by Crippen LogP contribution is 1.94. The van der Waals surface area contributed by atoms with Crippen molar-refractivity contribution in [2.24, 2.45) is 0 Å². The lowest BCUT2D eigenvalue weighted by atomic mass is 10.3. The van der Waals surface area contributed by atoms with Crippen LogP contribution in [0.1, 0.15) is 30.1 Å². The summed E-state index contributed by atoms with van der Waals surface area (Å²) in [7, 11) is 0. The van der Waals surface area contributed by atoms with Crippen molar-refractivity contribution in [1.82, 2.24) is 21.2 Å². The average Bonchev–Trinajstić information content (AvgIpc) is 2.37. The molecule has 2 amide bonds. The molecule has 0 aliphatic heterocycles. The highest BCUT2D eigenvalue weighted by atomic mass is 32.1. The normalized spacial score (nSPS) is 9.39. The van der Waals surface area contributed by atoms with Crippen LogP contribution in [-0.4, -0.2) is 21.9 Å².